The summed E-state index contributed by atoms with van der Waals surface area (Å²) in [6, 6.07) is 8.88. The Labute approximate surface area is 134 Å². The van der Waals surface area contributed by atoms with Crippen molar-refractivity contribution in [1.29, 1.82) is 0 Å². The molecule has 2 aromatic rings. The third-order valence-electron chi connectivity index (χ3n) is 4.19. The molecular formula is C18H18O5. The van der Waals surface area contributed by atoms with Gasteiger partial charge in [0.1, 0.15) is 28.6 Å². The standard InChI is InChI=1S/C18H18O5/c1-10-14(19)8-15-16(17(10)20)18(21)12(9-23-15)7-11-3-5-13(22-2)6-4-11/h3-6,8,12,19-20H,7,9H2,1-2H3/t12-/m1/s1. The van der Waals surface area contributed by atoms with Gasteiger partial charge in [-0.3, -0.25) is 4.79 Å². The van der Waals surface area contributed by atoms with Crippen LogP contribution in [-0.2, 0) is 6.42 Å². The number of benzene rings is 2. The van der Waals surface area contributed by atoms with Crippen LogP contribution in [0.4, 0.5) is 0 Å². The van der Waals surface area contributed by atoms with Crippen molar-refractivity contribution in [2.45, 2.75) is 13.3 Å². The highest BCUT2D eigenvalue weighted by Gasteiger charge is 2.33. The second-order valence-corrected chi connectivity index (χ2v) is 5.67. The molecule has 0 fully saturated rings. The number of methoxy groups -OCH3 is 1. The van der Waals surface area contributed by atoms with Gasteiger partial charge in [-0.05, 0) is 31.0 Å². The molecule has 5 heteroatoms. The van der Waals surface area contributed by atoms with E-state index in [1.807, 2.05) is 24.3 Å². The molecule has 0 spiro atoms. The number of phenolic OH excluding ortho intramolecular Hbond substituents is 2. The molecule has 23 heavy (non-hydrogen) atoms. The number of aromatic hydroxyl groups is 2. The van der Waals surface area contributed by atoms with Crippen LogP contribution in [0.3, 0.4) is 0 Å². The molecule has 120 valence electrons. The second kappa shape index (κ2) is 5.83. The number of hydrogen-bond donors (Lipinski definition) is 2. The van der Waals surface area contributed by atoms with Gasteiger partial charge < -0.3 is 19.7 Å². The maximum Gasteiger partial charge on any atom is 0.177 e. The van der Waals surface area contributed by atoms with Crippen LogP contribution < -0.4 is 9.47 Å². The van der Waals surface area contributed by atoms with E-state index in [0.29, 0.717) is 6.42 Å². The number of fused-ring (bicyclic) bond motifs is 1. The topological polar surface area (TPSA) is 76.0 Å². The van der Waals surface area contributed by atoms with E-state index in [1.165, 1.54) is 6.07 Å². The van der Waals surface area contributed by atoms with E-state index >= 15 is 0 Å². The Morgan fingerprint density at radius 2 is 1.96 bits per heavy atom. The Hall–Kier alpha value is -2.69. The zero-order valence-electron chi connectivity index (χ0n) is 13.0. The summed E-state index contributed by atoms with van der Waals surface area (Å²) in [5, 5.41) is 19.9. The predicted molar refractivity (Wildman–Crippen MR) is 84.5 cm³/mol. The van der Waals surface area contributed by atoms with Crippen LogP contribution in [0.5, 0.6) is 23.0 Å². The summed E-state index contributed by atoms with van der Waals surface area (Å²) in [5.41, 5.74) is 1.43. The molecule has 0 amide bonds. The quantitative estimate of drug-likeness (QED) is 0.911. The Kier molecular flexibility index (Phi) is 3.86. The minimum atomic E-state index is -0.370. The summed E-state index contributed by atoms with van der Waals surface area (Å²) < 4.78 is 10.7. The fourth-order valence-electron chi connectivity index (χ4n) is 2.75. The van der Waals surface area contributed by atoms with E-state index in [-0.39, 0.29) is 46.7 Å². The van der Waals surface area contributed by atoms with Crippen molar-refractivity contribution >= 4 is 5.78 Å². The van der Waals surface area contributed by atoms with Crippen molar-refractivity contribution in [3.8, 4) is 23.0 Å². The van der Waals surface area contributed by atoms with Crippen LogP contribution in [0.25, 0.3) is 0 Å². The lowest BCUT2D eigenvalue weighted by Gasteiger charge is -2.25. The predicted octanol–water partition coefficient (Wildman–Crippen LogP) is 2.85. The lowest BCUT2D eigenvalue weighted by Crippen LogP contribution is -2.29. The van der Waals surface area contributed by atoms with Gasteiger partial charge >= 0.3 is 0 Å². The summed E-state index contributed by atoms with van der Waals surface area (Å²) in [4.78, 5) is 12.7. The summed E-state index contributed by atoms with van der Waals surface area (Å²) in [7, 11) is 1.60. The van der Waals surface area contributed by atoms with E-state index in [1.54, 1.807) is 14.0 Å². The third-order valence-corrected chi connectivity index (χ3v) is 4.19. The Morgan fingerprint density at radius 3 is 2.61 bits per heavy atom. The smallest absolute Gasteiger partial charge is 0.177 e. The Bertz CT molecular complexity index is 749. The van der Waals surface area contributed by atoms with Gasteiger partial charge in [-0.1, -0.05) is 12.1 Å². The number of ketones is 1. The first-order valence-electron chi connectivity index (χ1n) is 7.36. The molecule has 1 aliphatic rings. The monoisotopic (exact) mass is 314 g/mol. The maximum atomic E-state index is 12.7. The van der Waals surface area contributed by atoms with Gasteiger partial charge in [0.25, 0.3) is 0 Å². The Balaban J connectivity index is 1.87. The minimum absolute atomic E-state index is 0.0809. The molecule has 3 rings (SSSR count). The number of carbonyl (C=O) groups is 1. The number of phenols is 2. The molecule has 0 radical (unpaired) electrons. The largest absolute Gasteiger partial charge is 0.507 e. The highest BCUT2D eigenvalue weighted by molar-refractivity contribution is 6.04. The van der Waals surface area contributed by atoms with Crippen molar-refractivity contribution in [2.24, 2.45) is 5.92 Å². The van der Waals surface area contributed by atoms with E-state index in [0.717, 1.165) is 11.3 Å². The average Bonchev–Trinajstić information content (AvgIpc) is 2.56. The van der Waals surface area contributed by atoms with Crippen LogP contribution in [-0.4, -0.2) is 29.7 Å². The molecule has 0 bridgehead atoms. The van der Waals surface area contributed by atoms with E-state index in [9.17, 15) is 15.0 Å². The fourth-order valence-corrected chi connectivity index (χ4v) is 2.75. The van der Waals surface area contributed by atoms with Gasteiger partial charge in [0.2, 0.25) is 0 Å². The van der Waals surface area contributed by atoms with Crippen LogP contribution in [0.1, 0.15) is 21.5 Å². The molecule has 1 atom stereocenters. The van der Waals surface area contributed by atoms with Crippen LogP contribution in [0, 0.1) is 12.8 Å². The van der Waals surface area contributed by atoms with E-state index in [4.69, 9.17) is 9.47 Å². The number of hydrogen-bond acceptors (Lipinski definition) is 5. The lowest BCUT2D eigenvalue weighted by molar-refractivity contribution is 0.0825. The van der Waals surface area contributed by atoms with Gasteiger partial charge in [0.05, 0.1) is 19.6 Å². The minimum Gasteiger partial charge on any atom is -0.507 e. The van der Waals surface area contributed by atoms with Crippen molar-refractivity contribution in [3.63, 3.8) is 0 Å². The van der Waals surface area contributed by atoms with Crippen molar-refractivity contribution in [3.05, 3.63) is 47.0 Å². The number of rotatable bonds is 3. The highest BCUT2D eigenvalue weighted by atomic mass is 16.5. The molecule has 2 aromatic carbocycles. The summed E-state index contributed by atoms with van der Waals surface area (Å²) in [6.07, 6.45) is 0.516. The average molecular weight is 314 g/mol. The SMILES string of the molecule is COc1ccc(C[C@@H]2COc3cc(O)c(C)c(O)c3C2=O)cc1. The molecule has 2 N–H and O–H groups in total. The molecule has 5 nitrogen and oxygen atoms in total. The van der Waals surface area contributed by atoms with Gasteiger partial charge in [-0.2, -0.15) is 0 Å². The van der Waals surface area contributed by atoms with Crippen LogP contribution >= 0.6 is 0 Å². The number of Topliss-reactive ketones (excluding diaryl/α,β-unsaturated/α-hetero) is 1. The second-order valence-electron chi connectivity index (χ2n) is 5.67. The molecule has 0 saturated heterocycles. The summed E-state index contributed by atoms with van der Waals surface area (Å²) in [5.74, 6) is 0.177. The first-order valence-corrected chi connectivity index (χ1v) is 7.36. The normalized spacial score (nSPS) is 16.6. The van der Waals surface area contributed by atoms with Crippen molar-refractivity contribution in [1.82, 2.24) is 0 Å². The first kappa shape index (κ1) is 15.2. The molecule has 0 saturated carbocycles. The number of carbonyl (C=O) groups excluding carboxylic acids is 1. The first-order chi connectivity index (χ1) is 11.0. The van der Waals surface area contributed by atoms with Crippen molar-refractivity contribution in [2.75, 3.05) is 13.7 Å². The van der Waals surface area contributed by atoms with Crippen LogP contribution in [0.15, 0.2) is 30.3 Å². The molecule has 0 aliphatic carbocycles. The number of ether oxygens (including phenoxy) is 2. The summed E-state index contributed by atoms with van der Waals surface area (Å²) in [6.45, 7) is 1.78. The summed E-state index contributed by atoms with van der Waals surface area (Å²) >= 11 is 0. The molecular weight excluding hydrogens is 296 g/mol. The van der Waals surface area contributed by atoms with Gasteiger partial charge in [-0.25, -0.2) is 0 Å². The third kappa shape index (κ3) is 2.70. The Morgan fingerprint density at radius 1 is 1.26 bits per heavy atom. The highest BCUT2D eigenvalue weighted by Crippen LogP contribution is 2.41. The zero-order valence-corrected chi connectivity index (χ0v) is 13.0. The lowest BCUT2D eigenvalue weighted by atomic mass is 9.88. The van der Waals surface area contributed by atoms with Crippen LogP contribution in [0.2, 0.25) is 0 Å². The molecule has 1 heterocycles. The zero-order chi connectivity index (χ0) is 16.6. The van der Waals surface area contributed by atoms with E-state index in [2.05, 4.69) is 0 Å². The van der Waals surface area contributed by atoms with Gasteiger partial charge in [0, 0.05) is 11.6 Å². The molecule has 1 aliphatic heterocycles. The molecule has 0 unspecified atom stereocenters. The molecule has 0 aromatic heterocycles. The van der Waals surface area contributed by atoms with Crippen molar-refractivity contribution < 1.29 is 24.5 Å². The van der Waals surface area contributed by atoms with Gasteiger partial charge in [0.15, 0.2) is 5.78 Å². The fraction of sp³-hybridized carbons (Fsp3) is 0.278. The van der Waals surface area contributed by atoms with E-state index < -0.39 is 0 Å². The maximum absolute atomic E-state index is 12.7. The van der Waals surface area contributed by atoms with Gasteiger partial charge in [-0.15, -0.1) is 0 Å².